The Hall–Kier alpha value is -1.88. The number of halogens is 2. The van der Waals surface area contributed by atoms with E-state index in [4.69, 9.17) is 23.2 Å². The summed E-state index contributed by atoms with van der Waals surface area (Å²) in [6.07, 6.45) is 5.13. The number of nitrogens with zero attached hydrogens (tertiary/aromatic N) is 2. The molecule has 1 fully saturated rings. The molecule has 2 heterocycles. The van der Waals surface area contributed by atoms with E-state index in [-0.39, 0.29) is 30.5 Å². The Balaban J connectivity index is 2.19. The topological polar surface area (TPSA) is 53.4 Å². The van der Waals surface area contributed by atoms with Crippen molar-refractivity contribution in [2.45, 2.75) is 51.1 Å². The van der Waals surface area contributed by atoms with E-state index in [0.29, 0.717) is 29.3 Å². The largest absolute Gasteiger partial charge is 0.396 e. The zero-order valence-corrected chi connectivity index (χ0v) is 18.9. The van der Waals surface area contributed by atoms with Gasteiger partial charge in [-0.05, 0) is 56.0 Å². The molecule has 0 bridgehead atoms. The SMILES string of the molecule is C=CC[C@@]1(C)C[C@H](c2cccc(Cl)c2)[C@@H](c2ccc(Cl)cn2)N([C@@H](C)CCO)C1=O. The van der Waals surface area contributed by atoms with Gasteiger partial charge in [-0.2, -0.15) is 0 Å². The highest BCUT2D eigenvalue weighted by atomic mass is 35.5. The van der Waals surface area contributed by atoms with Crippen LogP contribution in [0.4, 0.5) is 0 Å². The van der Waals surface area contributed by atoms with Crippen molar-refractivity contribution in [1.29, 1.82) is 0 Å². The quantitative estimate of drug-likeness (QED) is 0.546. The maximum Gasteiger partial charge on any atom is 0.229 e. The molecule has 160 valence electrons. The number of allylic oxidation sites excluding steroid dienone is 1. The lowest BCUT2D eigenvalue weighted by Gasteiger charge is -2.51. The fourth-order valence-corrected chi connectivity index (χ4v) is 4.86. The van der Waals surface area contributed by atoms with E-state index in [1.54, 1.807) is 12.3 Å². The lowest BCUT2D eigenvalue weighted by molar-refractivity contribution is -0.154. The summed E-state index contributed by atoms with van der Waals surface area (Å²) < 4.78 is 0. The second kappa shape index (κ2) is 9.51. The fourth-order valence-electron chi connectivity index (χ4n) is 4.55. The lowest BCUT2D eigenvalue weighted by Crippen LogP contribution is -2.55. The van der Waals surface area contributed by atoms with Crippen LogP contribution in [0, 0.1) is 5.41 Å². The first-order valence-corrected chi connectivity index (χ1v) is 11.0. The Labute approximate surface area is 188 Å². The van der Waals surface area contributed by atoms with Gasteiger partial charge in [0.2, 0.25) is 5.91 Å². The molecule has 0 spiro atoms. The first kappa shape index (κ1) is 22.8. The molecule has 1 aliphatic heterocycles. The first-order chi connectivity index (χ1) is 14.3. The van der Waals surface area contributed by atoms with Gasteiger partial charge in [0.25, 0.3) is 0 Å². The molecule has 1 N–H and O–H groups in total. The van der Waals surface area contributed by atoms with Crippen molar-refractivity contribution in [3.63, 3.8) is 0 Å². The predicted octanol–water partition coefficient (Wildman–Crippen LogP) is 5.80. The average Bonchev–Trinajstić information content (AvgIpc) is 2.71. The second-order valence-electron chi connectivity index (χ2n) is 8.34. The number of carbonyl (C=O) groups excluding carboxylic acids is 1. The number of aromatic nitrogens is 1. The number of likely N-dealkylation sites (tertiary alicyclic amines) is 1. The third-order valence-electron chi connectivity index (χ3n) is 6.05. The molecule has 30 heavy (non-hydrogen) atoms. The Kier molecular flexibility index (Phi) is 7.22. The lowest BCUT2D eigenvalue weighted by atomic mass is 9.67. The molecule has 1 amide bonds. The normalized spacial score (nSPS) is 25.2. The van der Waals surface area contributed by atoms with E-state index in [0.717, 1.165) is 11.3 Å². The van der Waals surface area contributed by atoms with E-state index in [9.17, 15) is 9.90 Å². The minimum absolute atomic E-state index is 0.00567. The Morgan fingerprint density at radius 1 is 1.33 bits per heavy atom. The summed E-state index contributed by atoms with van der Waals surface area (Å²) in [6.45, 7) is 7.86. The molecule has 4 nitrogen and oxygen atoms in total. The first-order valence-electron chi connectivity index (χ1n) is 10.2. The standard InChI is InChI=1S/C24H28Cl2N2O2/c1-4-11-24(3)14-20(17-6-5-7-18(25)13-17)22(21-9-8-19(26)15-27-21)28(23(24)30)16(2)10-12-29/h4-9,13,15-16,20,22,29H,1,10-12,14H2,2-3H3/t16-,20+,22-,24-/m0/s1. The van der Waals surface area contributed by atoms with Gasteiger partial charge in [0.05, 0.1) is 22.2 Å². The van der Waals surface area contributed by atoms with Gasteiger partial charge in [-0.25, -0.2) is 0 Å². The van der Waals surface area contributed by atoms with E-state index in [2.05, 4.69) is 17.6 Å². The van der Waals surface area contributed by atoms with Gasteiger partial charge in [-0.15, -0.1) is 6.58 Å². The van der Waals surface area contributed by atoms with Crippen LogP contribution >= 0.6 is 23.2 Å². The molecule has 1 saturated heterocycles. The average molecular weight is 447 g/mol. The summed E-state index contributed by atoms with van der Waals surface area (Å²) in [5.74, 6) is 0.0459. The molecule has 3 rings (SSSR count). The van der Waals surface area contributed by atoms with E-state index >= 15 is 0 Å². The highest BCUT2D eigenvalue weighted by Gasteiger charge is 2.50. The van der Waals surface area contributed by atoms with Crippen LogP contribution in [0.15, 0.2) is 55.3 Å². The van der Waals surface area contributed by atoms with E-state index in [1.807, 2.05) is 49.1 Å². The molecular weight excluding hydrogens is 419 g/mol. The summed E-state index contributed by atoms with van der Waals surface area (Å²) >= 11 is 12.4. The second-order valence-corrected chi connectivity index (χ2v) is 9.21. The van der Waals surface area contributed by atoms with Crippen molar-refractivity contribution in [2.24, 2.45) is 5.41 Å². The molecule has 1 aromatic heterocycles. The van der Waals surface area contributed by atoms with Crippen LogP contribution < -0.4 is 0 Å². The van der Waals surface area contributed by atoms with Crippen LogP contribution in [0.2, 0.25) is 10.0 Å². The molecular formula is C24H28Cl2N2O2. The maximum absolute atomic E-state index is 13.8. The Morgan fingerprint density at radius 2 is 2.10 bits per heavy atom. The van der Waals surface area contributed by atoms with Crippen LogP contribution in [-0.2, 0) is 4.79 Å². The molecule has 0 aliphatic carbocycles. The minimum atomic E-state index is -0.596. The van der Waals surface area contributed by atoms with Crippen molar-refractivity contribution in [3.05, 3.63) is 76.6 Å². The summed E-state index contributed by atoms with van der Waals surface area (Å²) in [4.78, 5) is 20.3. The molecule has 0 radical (unpaired) electrons. The number of benzene rings is 1. The molecule has 0 saturated carbocycles. The van der Waals surface area contributed by atoms with Crippen LogP contribution in [0.5, 0.6) is 0 Å². The number of amides is 1. The fraction of sp³-hybridized carbons (Fsp3) is 0.417. The number of hydrogen-bond donors (Lipinski definition) is 1. The summed E-state index contributed by atoms with van der Waals surface area (Å²) in [5.41, 5.74) is 1.25. The number of carbonyl (C=O) groups is 1. The van der Waals surface area contributed by atoms with E-state index in [1.165, 1.54) is 0 Å². The third kappa shape index (κ3) is 4.56. The molecule has 2 aromatic rings. The van der Waals surface area contributed by atoms with Crippen molar-refractivity contribution in [2.75, 3.05) is 6.61 Å². The number of hydrogen-bond acceptors (Lipinski definition) is 3. The zero-order chi connectivity index (χ0) is 21.9. The van der Waals surface area contributed by atoms with Gasteiger partial charge in [0, 0.05) is 29.8 Å². The van der Waals surface area contributed by atoms with Crippen molar-refractivity contribution in [3.8, 4) is 0 Å². The minimum Gasteiger partial charge on any atom is -0.396 e. The van der Waals surface area contributed by atoms with Gasteiger partial charge in [-0.1, -0.05) is 48.3 Å². The number of pyridine rings is 1. The molecule has 4 atom stereocenters. The van der Waals surface area contributed by atoms with Crippen molar-refractivity contribution in [1.82, 2.24) is 9.88 Å². The molecule has 1 aliphatic rings. The maximum atomic E-state index is 13.8. The van der Waals surface area contributed by atoms with Crippen LogP contribution in [-0.4, -0.2) is 33.5 Å². The molecule has 0 unspecified atom stereocenters. The van der Waals surface area contributed by atoms with Gasteiger partial charge >= 0.3 is 0 Å². The third-order valence-corrected chi connectivity index (χ3v) is 6.51. The van der Waals surface area contributed by atoms with Crippen LogP contribution in [0.25, 0.3) is 0 Å². The Morgan fingerprint density at radius 3 is 2.70 bits per heavy atom. The number of rotatable bonds is 7. The van der Waals surface area contributed by atoms with Crippen molar-refractivity contribution >= 4 is 29.1 Å². The van der Waals surface area contributed by atoms with Gasteiger partial charge < -0.3 is 10.0 Å². The van der Waals surface area contributed by atoms with Crippen molar-refractivity contribution < 1.29 is 9.90 Å². The van der Waals surface area contributed by atoms with Crippen LogP contribution in [0.1, 0.15) is 56.3 Å². The number of aliphatic hydroxyl groups is 1. The summed E-state index contributed by atoms with van der Waals surface area (Å²) in [5, 5.41) is 10.8. The summed E-state index contributed by atoms with van der Waals surface area (Å²) in [7, 11) is 0. The monoisotopic (exact) mass is 446 g/mol. The summed E-state index contributed by atoms with van der Waals surface area (Å²) in [6, 6.07) is 11.1. The van der Waals surface area contributed by atoms with E-state index < -0.39 is 5.41 Å². The van der Waals surface area contributed by atoms with Gasteiger partial charge in [0.15, 0.2) is 0 Å². The number of aliphatic hydroxyl groups excluding tert-OH is 1. The smallest absolute Gasteiger partial charge is 0.229 e. The van der Waals surface area contributed by atoms with Gasteiger partial charge in [-0.3, -0.25) is 9.78 Å². The highest BCUT2D eigenvalue weighted by Crippen LogP contribution is 2.51. The number of piperidine rings is 1. The van der Waals surface area contributed by atoms with Gasteiger partial charge in [0.1, 0.15) is 0 Å². The molecule has 1 aromatic carbocycles. The zero-order valence-electron chi connectivity index (χ0n) is 17.4. The highest BCUT2D eigenvalue weighted by molar-refractivity contribution is 6.30. The van der Waals surface area contributed by atoms with Crippen LogP contribution in [0.3, 0.4) is 0 Å². The molecule has 6 heteroatoms. The Bertz CT molecular complexity index is 902. The predicted molar refractivity (Wildman–Crippen MR) is 122 cm³/mol.